The molecule has 7 rings (SSSR count). The van der Waals surface area contributed by atoms with Gasteiger partial charge in [-0.2, -0.15) is 0 Å². The molecule has 150 valence electrons. The highest BCUT2D eigenvalue weighted by Gasteiger charge is 2.16. The molecule has 2 aromatic carbocycles. The van der Waals surface area contributed by atoms with Gasteiger partial charge >= 0.3 is 0 Å². The van der Waals surface area contributed by atoms with E-state index >= 15 is 0 Å². The highest BCUT2D eigenvalue weighted by molar-refractivity contribution is 6.11. The van der Waals surface area contributed by atoms with E-state index < -0.39 is 0 Å². The molecule has 0 bridgehead atoms. The first-order valence-corrected chi connectivity index (χ1v) is 10.4. The second-order valence-corrected chi connectivity index (χ2v) is 7.83. The maximum atomic E-state index is 6.32. The molecule has 0 fully saturated rings. The fraction of sp³-hybridized carbons (Fsp3) is 0. The van der Waals surface area contributed by atoms with E-state index in [0.29, 0.717) is 0 Å². The number of furan rings is 1. The fourth-order valence-corrected chi connectivity index (χ4v) is 4.63. The predicted molar refractivity (Wildman–Crippen MR) is 127 cm³/mol. The lowest BCUT2D eigenvalue weighted by molar-refractivity contribution is 0.669. The third-order valence-electron chi connectivity index (χ3n) is 6.07. The molecule has 0 N–H and O–H groups in total. The van der Waals surface area contributed by atoms with Crippen LogP contribution >= 0.6 is 0 Å². The molecule has 32 heavy (non-hydrogen) atoms. The quantitative estimate of drug-likeness (QED) is 0.324. The van der Waals surface area contributed by atoms with E-state index in [1.165, 1.54) is 0 Å². The molecule has 0 unspecified atom stereocenters. The highest BCUT2D eigenvalue weighted by Crippen LogP contribution is 2.37. The second kappa shape index (κ2) is 6.49. The molecule has 7 aromatic rings. The smallest absolute Gasteiger partial charge is 0.146 e. The average Bonchev–Trinajstić information content (AvgIpc) is 3.40. The number of hydrogen-bond acceptors (Lipinski definition) is 4. The van der Waals surface area contributed by atoms with Crippen LogP contribution in [0.2, 0.25) is 0 Å². The minimum absolute atomic E-state index is 0.845. The van der Waals surface area contributed by atoms with Crippen LogP contribution in [-0.4, -0.2) is 19.5 Å². The summed E-state index contributed by atoms with van der Waals surface area (Å²) in [6, 6.07) is 20.6. The largest absolute Gasteiger partial charge is 0.455 e. The summed E-state index contributed by atoms with van der Waals surface area (Å²) in [6.45, 7) is 0. The summed E-state index contributed by atoms with van der Waals surface area (Å²) in [5, 5.41) is 4.22. The lowest BCUT2D eigenvalue weighted by Crippen LogP contribution is -1.93. The molecule has 0 saturated carbocycles. The van der Waals surface area contributed by atoms with E-state index in [0.717, 1.165) is 60.6 Å². The van der Waals surface area contributed by atoms with Crippen LogP contribution in [0.5, 0.6) is 0 Å². The number of nitrogens with zero attached hydrogens (tertiary/aromatic N) is 4. The second-order valence-electron chi connectivity index (χ2n) is 7.83. The molecule has 0 aliphatic heterocycles. The monoisotopic (exact) mass is 412 g/mol. The zero-order valence-corrected chi connectivity index (χ0v) is 16.9. The van der Waals surface area contributed by atoms with Crippen LogP contribution in [0.4, 0.5) is 0 Å². The summed E-state index contributed by atoms with van der Waals surface area (Å²) in [4.78, 5) is 13.2. The Morgan fingerprint density at radius 3 is 2.09 bits per heavy atom. The maximum absolute atomic E-state index is 6.32. The summed E-state index contributed by atoms with van der Waals surface area (Å²) < 4.78 is 8.57. The minimum Gasteiger partial charge on any atom is -0.455 e. The highest BCUT2D eigenvalue weighted by atomic mass is 16.3. The van der Waals surface area contributed by atoms with Crippen LogP contribution in [0.15, 0.2) is 102 Å². The van der Waals surface area contributed by atoms with E-state index in [4.69, 9.17) is 4.42 Å². The summed E-state index contributed by atoms with van der Waals surface area (Å²) in [5.74, 6) is 0. The van der Waals surface area contributed by atoms with Gasteiger partial charge in [-0.05, 0) is 35.9 Å². The molecular weight excluding hydrogens is 396 g/mol. The molecule has 5 nitrogen and oxygen atoms in total. The van der Waals surface area contributed by atoms with Crippen LogP contribution < -0.4 is 0 Å². The molecule has 0 saturated heterocycles. The summed E-state index contributed by atoms with van der Waals surface area (Å²) in [7, 11) is 0. The normalized spacial score (nSPS) is 11.8. The SMILES string of the molecule is c1ccc(-c2cncc3c2oc2ccc(-n4c5ccncc5c5cnccc54)cc23)cc1. The molecule has 5 heteroatoms. The minimum atomic E-state index is 0.845. The van der Waals surface area contributed by atoms with Gasteiger partial charge in [-0.15, -0.1) is 0 Å². The van der Waals surface area contributed by atoms with Crippen molar-refractivity contribution >= 4 is 43.7 Å². The number of benzene rings is 2. The zero-order valence-electron chi connectivity index (χ0n) is 16.9. The lowest BCUT2D eigenvalue weighted by atomic mass is 10.1. The van der Waals surface area contributed by atoms with E-state index in [1.54, 1.807) is 0 Å². The molecule has 0 aliphatic rings. The van der Waals surface area contributed by atoms with Crippen LogP contribution in [0.1, 0.15) is 0 Å². The third-order valence-corrected chi connectivity index (χ3v) is 6.07. The van der Waals surface area contributed by atoms with Gasteiger partial charge in [0.25, 0.3) is 0 Å². The van der Waals surface area contributed by atoms with Gasteiger partial charge < -0.3 is 8.98 Å². The third kappa shape index (κ3) is 2.36. The van der Waals surface area contributed by atoms with Gasteiger partial charge in [0.2, 0.25) is 0 Å². The van der Waals surface area contributed by atoms with Gasteiger partial charge in [0, 0.05) is 70.0 Å². The molecule has 0 amide bonds. The first-order chi connectivity index (χ1) is 15.9. The number of fused-ring (bicyclic) bond motifs is 6. The summed E-state index contributed by atoms with van der Waals surface area (Å²) in [5.41, 5.74) is 7.04. The topological polar surface area (TPSA) is 56.7 Å². The molecule has 0 radical (unpaired) electrons. The Kier molecular flexibility index (Phi) is 3.49. The van der Waals surface area contributed by atoms with Gasteiger partial charge in [0.1, 0.15) is 11.2 Å². The van der Waals surface area contributed by atoms with E-state index in [-0.39, 0.29) is 0 Å². The summed E-state index contributed by atoms with van der Waals surface area (Å²) in [6.07, 6.45) is 11.2. The number of pyridine rings is 3. The van der Waals surface area contributed by atoms with Crippen molar-refractivity contribution in [1.82, 2.24) is 19.5 Å². The number of hydrogen-bond donors (Lipinski definition) is 0. The number of aromatic nitrogens is 4. The molecule has 5 aromatic heterocycles. The van der Waals surface area contributed by atoms with Gasteiger partial charge in [-0.25, -0.2) is 0 Å². The maximum Gasteiger partial charge on any atom is 0.146 e. The van der Waals surface area contributed by atoms with Crippen molar-refractivity contribution in [2.45, 2.75) is 0 Å². The van der Waals surface area contributed by atoms with Crippen molar-refractivity contribution in [3.63, 3.8) is 0 Å². The summed E-state index contributed by atoms with van der Waals surface area (Å²) >= 11 is 0. The van der Waals surface area contributed by atoms with Crippen molar-refractivity contribution in [3.8, 4) is 16.8 Å². The Bertz CT molecular complexity index is 1730. The molecule has 0 spiro atoms. The van der Waals surface area contributed by atoms with Gasteiger partial charge in [-0.1, -0.05) is 30.3 Å². The van der Waals surface area contributed by atoms with Gasteiger partial charge in [0.05, 0.1) is 11.0 Å². The van der Waals surface area contributed by atoms with Gasteiger partial charge in [-0.3, -0.25) is 15.0 Å². The molecule has 0 aliphatic carbocycles. The van der Waals surface area contributed by atoms with Crippen molar-refractivity contribution < 1.29 is 4.42 Å². The van der Waals surface area contributed by atoms with E-state index in [2.05, 4.69) is 43.8 Å². The van der Waals surface area contributed by atoms with Gasteiger partial charge in [0.15, 0.2) is 0 Å². The van der Waals surface area contributed by atoms with Crippen molar-refractivity contribution in [1.29, 1.82) is 0 Å². The Hall–Kier alpha value is -4.51. The first kappa shape index (κ1) is 17.2. The van der Waals surface area contributed by atoms with Crippen LogP contribution in [-0.2, 0) is 0 Å². The average molecular weight is 412 g/mol. The number of rotatable bonds is 2. The Morgan fingerprint density at radius 2 is 1.34 bits per heavy atom. The molecule has 5 heterocycles. The zero-order chi connectivity index (χ0) is 21.1. The van der Waals surface area contributed by atoms with Crippen molar-refractivity contribution in [2.24, 2.45) is 0 Å². The van der Waals surface area contributed by atoms with Crippen LogP contribution in [0.25, 0.3) is 60.6 Å². The van der Waals surface area contributed by atoms with Crippen molar-refractivity contribution in [2.75, 3.05) is 0 Å². The Labute approximate surface area is 182 Å². The van der Waals surface area contributed by atoms with E-state index in [1.807, 2.05) is 73.6 Å². The lowest BCUT2D eigenvalue weighted by Gasteiger charge is -2.07. The Morgan fingerprint density at radius 1 is 0.625 bits per heavy atom. The van der Waals surface area contributed by atoms with Crippen LogP contribution in [0, 0.1) is 0 Å². The standard InChI is InChI=1S/C27H16N4O/c1-2-4-17(5-3-1)20-13-30-16-23-19-12-18(6-7-26(19)32-27(20)23)31-24-8-10-28-14-21(24)22-15-29-11-9-25(22)31/h1-16H. The predicted octanol–water partition coefficient (Wildman–Crippen LogP) is 6.54. The van der Waals surface area contributed by atoms with E-state index in [9.17, 15) is 0 Å². The fourth-order valence-electron chi connectivity index (χ4n) is 4.63. The Balaban J connectivity index is 1.53. The van der Waals surface area contributed by atoms with Crippen LogP contribution in [0.3, 0.4) is 0 Å². The first-order valence-electron chi connectivity index (χ1n) is 10.4. The molecular formula is C27H16N4O. The van der Waals surface area contributed by atoms with Crippen molar-refractivity contribution in [3.05, 3.63) is 97.8 Å². The molecule has 0 atom stereocenters.